The third-order valence-electron chi connectivity index (χ3n) is 3.07. The summed E-state index contributed by atoms with van der Waals surface area (Å²) in [6.45, 7) is 1.94. The van der Waals surface area contributed by atoms with Crippen molar-refractivity contribution in [1.29, 1.82) is 0 Å². The average Bonchev–Trinajstić information content (AvgIpc) is 2.64. The summed E-state index contributed by atoms with van der Waals surface area (Å²) in [7, 11) is 0. The van der Waals surface area contributed by atoms with Crippen LogP contribution in [0, 0.1) is 11.8 Å². The largest absolute Gasteiger partial charge is 0.462 e. The van der Waals surface area contributed by atoms with E-state index in [0.29, 0.717) is 0 Å². The Balaban J connectivity index is 2.03. The number of ether oxygens (including phenoxy) is 2. The quantitative estimate of drug-likeness (QED) is 0.388. The van der Waals surface area contributed by atoms with Gasteiger partial charge in [0.05, 0.1) is 18.1 Å². The second-order valence-corrected chi connectivity index (χ2v) is 3.70. The fourth-order valence-electron chi connectivity index (χ4n) is 2.53. The van der Waals surface area contributed by atoms with E-state index in [0.717, 1.165) is 0 Å². The Labute approximate surface area is 70.3 Å². The van der Waals surface area contributed by atoms with Gasteiger partial charge in [0.15, 0.2) is 0 Å². The summed E-state index contributed by atoms with van der Waals surface area (Å²) >= 11 is 0. The minimum absolute atomic E-state index is 0.00236. The Hall–Kier alpha value is -0.830. The SMILES string of the molecule is CC1OC(=O)C2C3C=CC(O3)C12. The topological polar surface area (TPSA) is 35.5 Å². The molecule has 2 saturated heterocycles. The van der Waals surface area contributed by atoms with Gasteiger partial charge in [0.25, 0.3) is 0 Å². The van der Waals surface area contributed by atoms with Crippen molar-refractivity contribution >= 4 is 5.97 Å². The Morgan fingerprint density at radius 2 is 2.08 bits per heavy atom. The molecule has 3 heteroatoms. The molecule has 0 aliphatic carbocycles. The number of hydrogen-bond donors (Lipinski definition) is 0. The van der Waals surface area contributed by atoms with Crippen LogP contribution in [0.2, 0.25) is 0 Å². The third-order valence-corrected chi connectivity index (χ3v) is 3.07. The summed E-state index contributed by atoms with van der Waals surface area (Å²) in [6.07, 6.45) is 4.18. The van der Waals surface area contributed by atoms with E-state index in [4.69, 9.17) is 9.47 Å². The maximum Gasteiger partial charge on any atom is 0.312 e. The van der Waals surface area contributed by atoms with Crippen LogP contribution in [0.25, 0.3) is 0 Å². The molecule has 0 aromatic heterocycles. The lowest BCUT2D eigenvalue weighted by Gasteiger charge is -2.15. The Morgan fingerprint density at radius 1 is 1.33 bits per heavy atom. The number of carbonyl (C=O) groups excluding carboxylic acids is 1. The van der Waals surface area contributed by atoms with Gasteiger partial charge in [-0.15, -0.1) is 0 Å². The molecule has 0 N–H and O–H groups in total. The molecule has 2 bridgehead atoms. The fraction of sp³-hybridized carbons (Fsp3) is 0.667. The van der Waals surface area contributed by atoms with E-state index >= 15 is 0 Å². The molecule has 3 aliphatic rings. The maximum atomic E-state index is 11.3. The molecule has 5 unspecified atom stereocenters. The molecule has 0 saturated carbocycles. The molecule has 0 radical (unpaired) electrons. The fourth-order valence-corrected chi connectivity index (χ4v) is 2.53. The van der Waals surface area contributed by atoms with Crippen molar-refractivity contribution in [2.45, 2.75) is 25.2 Å². The normalized spacial score (nSPS) is 54.4. The van der Waals surface area contributed by atoms with Gasteiger partial charge in [-0.25, -0.2) is 0 Å². The molecule has 3 nitrogen and oxygen atoms in total. The third kappa shape index (κ3) is 0.591. The average molecular weight is 166 g/mol. The maximum absolute atomic E-state index is 11.3. The van der Waals surface area contributed by atoms with Crippen molar-refractivity contribution < 1.29 is 14.3 Å². The molecule has 5 atom stereocenters. The summed E-state index contributed by atoms with van der Waals surface area (Å²) < 4.78 is 10.7. The van der Waals surface area contributed by atoms with Crippen molar-refractivity contribution in [1.82, 2.24) is 0 Å². The van der Waals surface area contributed by atoms with Gasteiger partial charge in [-0.05, 0) is 6.92 Å². The summed E-state index contributed by atoms with van der Waals surface area (Å²) in [6, 6.07) is 0. The van der Waals surface area contributed by atoms with E-state index in [1.54, 1.807) is 0 Å². The predicted molar refractivity (Wildman–Crippen MR) is 40.3 cm³/mol. The summed E-state index contributed by atoms with van der Waals surface area (Å²) in [5.41, 5.74) is 0. The van der Waals surface area contributed by atoms with Gasteiger partial charge in [-0.1, -0.05) is 12.2 Å². The molecule has 12 heavy (non-hydrogen) atoms. The van der Waals surface area contributed by atoms with Crippen LogP contribution < -0.4 is 0 Å². The van der Waals surface area contributed by atoms with E-state index in [1.807, 2.05) is 19.1 Å². The van der Waals surface area contributed by atoms with Crippen LogP contribution in [-0.4, -0.2) is 24.3 Å². The van der Waals surface area contributed by atoms with Crippen LogP contribution in [-0.2, 0) is 14.3 Å². The molecule has 3 rings (SSSR count). The highest BCUT2D eigenvalue weighted by atomic mass is 16.6. The van der Waals surface area contributed by atoms with Gasteiger partial charge in [0, 0.05) is 5.92 Å². The highest BCUT2D eigenvalue weighted by Gasteiger charge is 2.57. The molecule has 0 aromatic carbocycles. The lowest BCUT2D eigenvalue weighted by Crippen LogP contribution is -2.27. The predicted octanol–water partition coefficient (Wildman–Crippen LogP) is 0.501. The molecule has 2 fully saturated rings. The first kappa shape index (κ1) is 6.66. The molecule has 3 aliphatic heterocycles. The van der Waals surface area contributed by atoms with Gasteiger partial charge in [0.2, 0.25) is 0 Å². The van der Waals surface area contributed by atoms with Crippen molar-refractivity contribution in [3.05, 3.63) is 12.2 Å². The number of rotatable bonds is 0. The lowest BCUT2D eigenvalue weighted by atomic mass is 9.82. The van der Waals surface area contributed by atoms with Crippen molar-refractivity contribution in [2.75, 3.05) is 0 Å². The van der Waals surface area contributed by atoms with E-state index in [-0.39, 0.29) is 36.1 Å². The molecule has 64 valence electrons. The van der Waals surface area contributed by atoms with Crippen LogP contribution in [0.4, 0.5) is 0 Å². The van der Waals surface area contributed by atoms with Crippen LogP contribution in [0.3, 0.4) is 0 Å². The summed E-state index contributed by atoms with van der Waals surface area (Å²) in [5.74, 6) is 0.173. The summed E-state index contributed by atoms with van der Waals surface area (Å²) in [4.78, 5) is 11.3. The van der Waals surface area contributed by atoms with Crippen LogP contribution in [0.1, 0.15) is 6.92 Å². The molecular formula is C9H10O3. The smallest absolute Gasteiger partial charge is 0.312 e. The summed E-state index contributed by atoms with van der Waals surface area (Å²) in [5, 5.41) is 0. The van der Waals surface area contributed by atoms with E-state index in [2.05, 4.69) is 0 Å². The van der Waals surface area contributed by atoms with Gasteiger partial charge >= 0.3 is 5.97 Å². The van der Waals surface area contributed by atoms with Gasteiger partial charge < -0.3 is 9.47 Å². The second kappa shape index (κ2) is 1.91. The van der Waals surface area contributed by atoms with Crippen LogP contribution >= 0.6 is 0 Å². The number of cyclic esters (lactones) is 1. The number of esters is 1. The highest BCUT2D eigenvalue weighted by molar-refractivity contribution is 5.77. The van der Waals surface area contributed by atoms with E-state index < -0.39 is 0 Å². The van der Waals surface area contributed by atoms with Crippen molar-refractivity contribution in [3.8, 4) is 0 Å². The zero-order valence-corrected chi connectivity index (χ0v) is 6.77. The molecular weight excluding hydrogens is 156 g/mol. The van der Waals surface area contributed by atoms with Crippen molar-refractivity contribution in [3.63, 3.8) is 0 Å². The highest BCUT2D eigenvalue weighted by Crippen LogP contribution is 2.46. The number of fused-ring (bicyclic) bond motifs is 5. The standard InChI is InChI=1S/C9H10O3/c1-4-7-5-2-3-6(12-5)8(7)9(10)11-4/h2-8H,1H3. The first-order valence-corrected chi connectivity index (χ1v) is 4.31. The molecule has 3 heterocycles. The number of carbonyl (C=O) groups is 1. The van der Waals surface area contributed by atoms with E-state index in [9.17, 15) is 4.79 Å². The Kier molecular flexibility index (Phi) is 1.06. The second-order valence-electron chi connectivity index (χ2n) is 3.70. The first-order chi connectivity index (χ1) is 5.77. The minimum Gasteiger partial charge on any atom is -0.462 e. The zero-order valence-electron chi connectivity index (χ0n) is 6.77. The Morgan fingerprint density at radius 3 is 2.83 bits per heavy atom. The number of hydrogen-bond acceptors (Lipinski definition) is 3. The van der Waals surface area contributed by atoms with Crippen LogP contribution in [0.5, 0.6) is 0 Å². The first-order valence-electron chi connectivity index (χ1n) is 4.31. The van der Waals surface area contributed by atoms with Crippen LogP contribution in [0.15, 0.2) is 12.2 Å². The lowest BCUT2D eigenvalue weighted by molar-refractivity contribution is -0.146. The molecule has 0 aromatic rings. The molecule has 0 spiro atoms. The zero-order chi connectivity index (χ0) is 8.29. The van der Waals surface area contributed by atoms with Gasteiger partial charge in [-0.2, -0.15) is 0 Å². The monoisotopic (exact) mass is 166 g/mol. The van der Waals surface area contributed by atoms with Gasteiger partial charge in [0.1, 0.15) is 6.10 Å². The van der Waals surface area contributed by atoms with E-state index in [1.165, 1.54) is 0 Å². The molecule has 0 amide bonds. The Bertz CT molecular complexity index is 271. The van der Waals surface area contributed by atoms with Crippen molar-refractivity contribution in [2.24, 2.45) is 11.8 Å². The minimum atomic E-state index is -0.0793. The van der Waals surface area contributed by atoms with Gasteiger partial charge in [-0.3, -0.25) is 4.79 Å².